The lowest BCUT2D eigenvalue weighted by Crippen LogP contribution is -2.15. The minimum atomic E-state index is -0.0872. The molecule has 4 nitrogen and oxygen atoms in total. The Hall–Kier alpha value is -1.55. The first-order chi connectivity index (χ1) is 8.92. The van der Waals surface area contributed by atoms with Gasteiger partial charge in [0.15, 0.2) is 0 Å². The molecule has 0 aromatic heterocycles. The van der Waals surface area contributed by atoms with Gasteiger partial charge in [-0.15, -0.1) is 0 Å². The van der Waals surface area contributed by atoms with Crippen LogP contribution >= 0.6 is 11.6 Å². The van der Waals surface area contributed by atoms with Gasteiger partial charge < -0.3 is 10.6 Å². The van der Waals surface area contributed by atoms with Crippen LogP contribution in [0, 0.1) is 5.92 Å². The van der Waals surface area contributed by atoms with E-state index in [4.69, 9.17) is 11.6 Å². The molecule has 0 unspecified atom stereocenters. The molecular formula is C14H19ClN2O2. The van der Waals surface area contributed by atoms with Gasteiger partial charge in [-0.25, -0.2) is 0 Å². The summed E-state index contributed by atoms with van der Waals surface area (Å²) in [5.74, 6) is 0.111. The van der Waals surface area contributed by atoms with Crippen LogP contribution in [0.3, 0.4) is 0 Å². The molecule has 0 aliphatic rings. The van der Waals surface area contributed by atoms with Crippen LogP contribution in [0.1, 0.15) is 33.6 Å². The molecule has 0 radical (unpaired) electrons. The van der Waals surface area contributed by atoms with E-state index in [1.54, 1.807) is 25.1 Å². The molecule has 0 heterocycles. The summed E-state index contributed by atoms with van der Waals surface area (Å²) in [5, 5.41) is 5.93. The van der Waals surface area contributed by atoms with Crippen molar-refractivity contribution in [2.75, 3.05) is 10.6 Å². The number of carbonyl (C=O) groups is 2. The second kappa shape index (κ2) is 7.14. The van der Waals surface area contributed by atoms with E-state index in [1.807, 2.05) is 13.8 Å². The fraction of sp³-hybridized carbons (Fsp3) is 0.429. The summed E-state index contributed by atoms with van der Waals surface area (Å²) in [5.41, 5.74) is 1.14. The summed E-state index contributed by atoms with van der Waals surface area (Å²) >= 11 is 6.02. The van der Waals surface area contributed by atoms with Crippen molar-refractivity contribution in [3.05, 3.63) is 23.2 Å². The topological polar surface area (TPSA) is 58.2 Å². The molecule has 0 saturated carbocycles. The van der Waals surface area contributed by atoms with Crippen molar-refractivity contribution in [1.29, 1.82) is 0 Å². The quantitative estimate of drug-likeness (QED) is 0.865. The van der Waals surface area contributed by atoms with E-state index in [2.05, 4.69) is 10.6 Å². The van der Waals surface area contributed by atoms with Crippen molar-refractivity contribution in [3.8, 4) is 0 Å². The van der Waals surface area contributed by atoms with E-state index < -0.39 is 0 Å². The lowest BCUT2D eigenvalue weighted by molar-refractivity contribution is -0.117. The van der Waals surface area contributed by atoms with Crippen LogP contribution in [0.15, 0.2) is 18.2 Å². The monoisotopic (exact) mass is 282 g/mol. The third-order valence-electron chi connectivity index (χ3n) is 2.44. The number of hydrogen-bond acceptors (Lipinski definition) is 2. The predicted molar refractivity (Wildman–Crippen MR) is 78.5 cm³/mol. The molecule has 2 amide bonds. The van der Waals surface area contributed by atoms with Crippen LogP contribution in [0.25, 0.3) is 0 Å². The maximum Gasteiger partial charge on any atom is 0.224 e. The first-order valence-corrected chi connectivity index (χ1v) is 6.69. The molecule has 0 bridgehead atoms. The first-order valence-electron chi connectivity index (χ1n) is 6.31. The number of nitrogens with one attached hydrogen (secondary N) is 2. The smallest absolute Gasteiger partial charge is 0.224 e. The van der Waals surface area contributed by atoms with Crippen molar-refractivity contribution in [1.82, 2.24) is 0 Å². The van der Waals surface area contributed by atoms with Crippen molar-refractivity contribution >= 4 is 34.8 Å². The van der Waals surface area contributed by atoms with Crippen LogP contribution in [0.2, 0.25) is 5.02 Å². The van der Waals surface area contributed by atoms with Crippen LogP contribution in [0.4, 0.5) is 11.4 Å². The Morgan fingerprint density at radius 2 is 1.89 bits per heavy atom. The maximum absolute atomic E-state index is 11.7. The molecule has 19 heavy (non-hydrogen) atoms. The molecule has 1 rings (SSSR count). The summed E-state index contributed by atoms with van der Waals surface area (Å²) in [6, 6.07) is 5.01. The van der Waals surface area contributed by atoms with Gasteiger partial charge in [0.05, 0.1) is 10.7 Å². The maximum atomic E-state index is 11.7. The van der Waals surface area contributed by atoms with Crippen LogP contribution in [0.5, 0.6) is 0 Å². The normalized spacial score (nSPS) is 10.4. The first kappa shape index (κ1) is 15.5. The van der Waals surface area contributed by atoms with Gasteiger partial charge in [0, 0.05) is 18.5 Å². The van der Waals surface area contributed by atoms with Gasteiger partial charge in [0.25, 0.3) is 0 Å². The molecule has 0 saturated heterocycles. The van der Waals surface area contributed by atoms with Crippen molar-refractivity contribution in [2.24, 2.45) is 5.92 Å². The Labute approximate surface area is 118 Å². The van der Waals surface area contributed by atoms with E-state index in [0.717, 1.165) is 0 Å². The molecule has 0 aliphatic heterocycles. The fourth-order valence-corrected chi connectivity index (χ4v) is 1.69. The predicted octanol–water partition coefficient (Wildman–Crippen LogP) is 3.67. The number of carbonyl (C=O) groups excluding carboxylic acids is 2. The van der Waals surface area contributed by atoms with Gasteiger partial charge in [-0.2, -0.15) is 0 Å². The van der Waals surface area contributed by atoms with Gasteiger partial charge in [-0.05, 0) is 24.1 Å². The summed E-state index contributed by atoms with van der Waals surface area (Å²) in [7, 11) is 0. The highest BCUT2D eigenvalue weighted by atomic mass is 35.5. The van der Waals surface area contributed by atoms with E-state index >= 15 is 0 Å². The van der Waals surface area contributed by atoms with Crippen LogP contribution in [-0.4, -0.2) is 11.8 Å². The second-order valence-electron chi connectivity index (χ2n) is 4.74. The minimum absolute atomic E-state index is 0.0817. The van der Waals surface area contributed by atoms with Crippen molar-refractivity contribution in [2.45, 2.75) is 33.6 Å². The number of rotatable bonds is 5. The molecule has 1 aromatic rings. The van der Waals surface area contributed by atoms with Crippen LogP contribution < -0.4 is 10.6 Å². The zero-order valence-electron chi connectivity index (χ0n) is 11.4. The molecule has 0 atom stereocenters. The standard InChI is InChI=1S/C14H19ClN2O2/c1-4-13(18)16-10-5-6-11(15)12(8-10)17-14(19)7-9(2)3/h5-6,8-9H,4,7H2,1-3H3,(H,16,18)(H,17,19). The van der Waals surface area contributed by atoms with Gasteiger partial charge in [-0.3, -0.25) is 9.59 Å². The largest absolute Gasteiger partial charge is 0.326 e. The number of hydrogen-bond donors (Lipinski definition) is 2. The molecular weight excluding hydrogens is 264 g/mol. The summed E-state index contributed by atoms with van der Waals surface area (Å²) < 4.78 is 0. The van der Waals surface area contributed by atoms with Crippen molar-refractivity contribution < 1.29 is 9.59 Å². The number of anilines is 2. The van der Waals surface area contributed by atoms with Gasteiger partial charge in [0.2, 0.25) is 11.8 Å². The van der Waals surface area contributed by atoms with Crippen molar-refractivity contribution in [3.63, 3.8) is 0 Å². The minimum Gasteiger partial charge on any atom is -0.326 e. The lowest BCUT2D eigenvalue weighted by Gasteiger charge is -2.11. The Kier molecular flexibility index (Phi) is 5.83. The molecule has 0 spiro atoms. The summed E-state index contributed by atoms with van der Waals surface area (Å²) in [6.07, 6.45) is 0.833. The average Bonchev–Trinajstić information content (AvgIpc) is 2.32. The number of benzene rings is 1. The highest BCUT2D eigenvalue weighted by molar-refractivity contribution is 6.33. The Morgan fingerprint density at radius 3 is 2.47 bits per heavy atom. The van der Waals surface area contributed by atoms with Gasteiger partial charge >= 0.3 is 0 Å². The average molecular weight is 283 g/mol. The second-order valence-corrected chi connectivity index (χ2v) is 5.15. The summed E-state index contributed by atoms with van der Waals surface area (Å²) in [6.45, 7) is 5.72. The van der Waals surface area contributed by atoms with Gasteiger partial charge in [0.1, 0.15) is 0 Å². The Balaban J connectivity index is 2.79. The molecule has 5 heteroatoms. The van der Waals surface area contributed by atoms with E-state index in [9.17, 15) is 9.59 Å². The van der Waals surface area contributed by atoms with Gasteiger partial charge in [-0.1, -0.05) is 32.4 Å². The molecule has 0 aliphatic carbocycles. The Morgan fingerprint density at radius 1 is 1.21 bits per heavy atom. The highest BCUT2D eigenvalue weighted by Crippen LogP contribution is 2.26. The van der Waals surface area contributed by atoms with Crippen LogP contribution in [-0.2, 0) is 9.59 Å². The lowest BCUT2D eigenvalue weighted by atomic mass is 10.1. The number of halogens is 1. The Bertz CT molecular complexity index is 473. The molecule has 2 N–H and O–H groups in total. The third-order valence-corrected chi connectivity index (χ3v) is 2.77. The molecule has 104 valence electrons. The fourth-order valence-electron chi connectivity index (χ4n) is 1.52. The zero-order chi connectivity index (χ0) is 14.4. The number of amides is 2. The highest BCUT2D eigenvalue weighted by Gasteiger charge is 2.09. The molecule has 1 aromatic carbocycles. The third kappa shape index (κ3) is 5.30. The molecule has 0 fully saturated rings. The van der Waals surface area contributed by atoms with E-state index in [1.165, 1.54) is 0 Å². The SMILES string of the molecule is CCC(=O)Nc1ccc(Cl)c(NC(=O)CC(C)C)c1. The van der Waals surface area contributed by atoms with E-state index in [-0.39, 0.29) is 17.7 Å². The zero-order valence-corrected chi connectivity index (χ0v) is 12.2. The van der Waals surface area contributed by atoms with E-state index in [0.29, 0.717) is 29.2 Å². The summed E-state index contributed by atoms with van der Waals surface area (Å²) in [4.78, 5) is 23.0.